The van der Waals surface area contributed by atoms with Gasteiger partial charge < -0.3 is 10.2 Å². The van der Waals surface area contributed by atoms with Crippen molar-refractivity contribution in [3.8, 4) is 0 Å². The van der Waals surface area contributed by atoms with Crippen LogP contribution in [0.25, 0.3) is 0 Å². The summed E-state index contributed by atoms with van der Waals surface area (Å²) in [6, 6.07) is 8.72. The standard InChI is InChI=1S/C15H21BrN2O/c1-12-11-18(9-8-17-12)15(19)7-3-5-13-4-2-6-14(16)10-13/h2,4,6,10,12,17H,3,5,7-9,11H2,1H3. The number of hydrogen-bond donors (Lipinski definition) is 1. The van der Waals surface area contributed by atoms with Gasteiger partial charge in [-0.3, -0.25) is 4.79 Å². The van der Waals surface area contributed by atoms with Crippen LogP contribution in [-0.2, 0) is 11.2 Å². The number of carbonyl (C=O) groups excluding carboxylic acids is 1. The summed E-state index contributed by atoms with van der Waals surface area (Å²) < 4.78 is 1.10. The van der Waals surface area contributed by atoms with Crippen molar-refractivity contribution in [1.29, 1.82) is 0 Å². The van der Waals surface area contributed by atoms with Crippen molar-refractivity contribution in [1.82, 2.24) is 10.2 Å². The summed E-state index contributed by atoms with van der Waals surface area (Å²) in [5.74, 6) is 0.295. The van der Waals surface area contributed by atoms with E-state index in [4.69, 9.17) is 0 Å². The Morgan fingerprint density at radius 3 is 3.11 bits per heavy atom. The molecule has 104 valence electrons. The molecule has 1 unspecified atom stereocenters. The molecule has 1 fully saturated rings. The third-order valence-electron chi connectivity index (χ3n) is 3.47. The van der Waals surface area contributed by atoms with E-state index in [1.54, 1.807) is 0 Å². The summed E-state index contributed by atoms with van der Waals surface area (Å²) in [6.07, 6.45) is 2.54. The highest BCUT2D eigenvalue weighted by Gasteiger charge is 2.19. The average molecular weight is 325 g/mol. The van der Waals surface area contributed by atoms with Gasteiger partial charge in [-0.15, -0.1) is 0 Å². The van der Waals surface area contributed by atoms with Crippen LogP contribution < -0.4 is 5.32 Å². The van der Waals surface area contributed by atoms with Crippen LogP contribution in [0.1, 0.15) is 25.3 Å². The molecule has 1 aliphatic heterocycles. The number of hydrogen-bond acceptors (Lipinski definition) is 2. The Morgan fingerprint density at radius 2 is 2.37 bits per heavy atom. The van der Waals surface area contributed by atoms with Crippen molar-refractivity contribution in [2.75, 3.05) is 19.6 Å². The molecule has 4 heteroatoms. The zero-order valence-corrected chi connectivity index (χ0v) is 12.9. The molecule has 0 saturated carbocycles. The fourth-order valence-electron chi connectivity index (χ4n) is 2.45. The van der Waals surface area contributed by atoms with Gasteiger partial charge in [-0.25, -0.2) is 0 Å². The molecule has 0 bridgehead atoms. The van der Waals surface area contributed by atoms with Crippen LogP contribution in [0.15, 0.2) is 28.7 Å². The third-order valence-corrected chi connectivity index (χ3v) is 3.96. The van der Waals surface area contributed by atoms with Gasteiger partial charge >= 0.3 is 0 Å². The lowest BCUT2D eigenvalue weighted by Crippen LogP contribution is -2.51. The number of benzene rings is 1. The molecule has 19 heavy (non-hydrogen) atoms. The molecule has 3 nitrogen and oxygen atoms in total. The van der Waals surface area contributed by atoms with Crippen LogP contribution >= 0.6 is 15.9 Å². The zero-order chi connectivity index (χ0) is 13.7. The molecule has 1 atom stereocenters. The molecule has 1 aliphatic rings. The summed E-state index contributed by atoms with van der Waals surface area (Å²) in [7, 11) is 0. The number of aryl methyl sites for hydroxylation is 1. The lowest BCUT2D eigenvalue weighted by atomic mass is 10.1. The molecule has 1 N–H and O–H groups in total. The minimum Gasteiger partial charge on any atom is -0.340 e. The van der Waals surface area contributed by atoms with Crippen molar-refractivity contribution < 1.29 is 4.79 Å². The number of carbonyl (C=O) groups is 1. The number of halogens is 1. The number of nitrogens with one attached hydrogen (secondary N) is 1. The number of nitrogens with zero attached hydrogens (tertiary/aromatic N) is 1. The minimum atomic E-state index is 0.295. The average Bonchev–Trinajstić information content (AvgIpc) is 2.38. The number of amides is 1. The minimum absolute atomic E-state index is 0.295. The first-order chi connectivity index (χ1) is 9.15. The van der Waals surface area contributed by atoms with Gasteiger partial charge in [-0.1, -0.05) is 28.1 Å². The van der Waals surface area contributed by atoms with Gasteiger partial charge in [0.2, 0.25) is 5.91 Å². The first-order valence-corrected chi connectivity index (χ1v) is 7.70. The smallest absolute Gasteiger partial charge is 0.222 e. The maximum atomic E-state index is 12.1. The van der Waals surface area contributed by atoms with E-state index in [0.717, 1.165) is 36.9 Å². The Labute approximate surface area is 123 Å². The monoisotopic (exact) mass is 324 g/mol. The summed E-state index contributed by atoms with van der Waals surface area (Å²) in [6.45, 7) is 4.73. The molecule has 1 aromatic carbocycles. The van der Waals surface area contributed by atoms with E-state index in [2.05, 4.69) is 40.3 Å². The Balaban J connectivity index is 1.74. The van der Waals surface area contributed by atoms with Gasteiger partial charge in [0.15, 0.2) is 0 Å². The molecule has 0 aliphatic carbocycles. The predicted octanol–water partition coefficient (Wildman–Crippen LogP) is 2.59. The number of rotatable bonds is 4. The summed E-state index contributed by atoms with van der Waals surface area (Å²) in [4.78, 5) is 14.1. The second-order valence-electron chi connectivity index (χ2n) is 5.18. The van der Waals surface area contributed by atoms with Crippen LogP contribution in [0, 0.1) is 0 Å². The van der Waals surface area contributed by atoms with Crippen LogP contribution in [-0.4, -0.2) is 36.5 Å². The van der Waals surface area contributed by atoms with Crippen LogP contribution in [0.4, 0.5) is 0 Å². The van der Waals surface area contributed by atoms with Gasteiger partial charge in [0.25, 0.3) is 0 Å². The molecule has 0 spiro atoms. The highest BCUT2D eigenvalue weighted by atomic mass is 79.9. The molecule has 1 saturated heterocycles. The highest BCUT2D eigenvalue weighted by Crippen LogP contribution is 2.14. The van der Waals surface area contributed by atoms with Crippen LogP contribution in [0.3, 0.4) is 0 Å². The van der Waals surface area contributed by atoms with E-state index in [1.165, 1.54) is 5.56 Å². The first-order valence-electron chi connectivity index (χ1n) is 6.91. The lowest BCUT2D eigenvalue weighted by Gasteiger charge is -2.32. The molecule has 1 amide bonds. The normalized spacial score (nSPS) is 19.5. The predicted molar refractivity (Wildman–Crippen MR) is 81.1 cm³/mol. The van der Waals surface area contributed by atoms with Crippen molar-refractivity contribution in [3.63, 3.8) is 0 Å². The molecule has 0 aromatic heterocycles. The van der Waals surface area contributed by atoms with Crippen molar-refractivity contribution >= 4 is 21.8 Å². The highest BCUT2D eigenvalue weighted by molar-refractivity contribution is 9.10. The molecular formula is C15H21BrN2O. The Kier molecular flexibility index (Phi) is 5.40. The van der Waals surface area contributed by atoms with E-state index >= 15 is 0 Å². The van der Waals surface area contributed by atoms with Gasteiger partial charge in [0, 0.05) is 36.6 Å². The summed E-state index contributed by atoms with van der Waals surface area (Å²) >= 11 is 3.47. The second-order valence-corrected chi connectivity index (χ2v) is 6.09. The molecule has 2 rings (SSSR count). The topological polar surface area (TPSA) is 32.3 Å². The van der Waals surface area contributed by atoms with E-state index in [-0.39, 0.29) is 0 Å². The Morgan fingerprint density at radius 1 is 1.53 bits per heavy atom. The van der Waals surface area contributed by atoms with Crippen molar-refractivity contribution in [2.24, 2.45) is 0 Å². The molecule has 1 heterocycles. The van der Waals surface area contributed by atoms with Gasteiger partial charge in [-0.2, -0.15) is 0 Å². The van der Waals surface area contributed by atoms with Crippen LogP contribution in [0.5, 0.6) is 0 Å². The quantitative estimate of drug-likeness (QED) is 0.923. The SMILES string of the molecule is CC1CN(C(=O)CCCc2cccc(Br)c2)CCN1. The van der Waals surface area contributed by atoms with Gasteiger partial charge in [-0.05, 0) is 37.5 Å². The third kappa shape index (κ3) is 4.62. The van der Waals surface area contributed by atoms with Gasteiger partial charge in [0.1, 0.15) is 0 Å². The largest absolute Gasteiger partial charge is 0.340 e. The maximum absolute atomic E-state index is 12.1. The Hall–Kier alpha value is -0.870. The van der Waals surface area contributed by atoms with E-state index < -0.39 is 0 Å². The van der Waals surface area contributed by atoms with Gasteiger partial charge in [0.05, 0.1) is 0 Å². The molecular weight excluding hydrogens is 304 g/mol. The Bertz CT molecular complexity index is 436. The fourth-order valence-corrected chi connectivity index (χ4v) is 2.90. The van der Waals surface area contributed by atoms with Crippen LogP contribution in [0.2, 0.25) is 0 Å². The zero-order valence-electron chi connectivity index (χ0n) is 11.4. The fraction of sp³-hybridized carbons (Fsp3) is 0.533. The maximum Gasteiger partial charge on any atom is 0.222 e. The first kappa shape index (κ1) is 14.5. The van der Waals surface area contributed by atoms with Crippen molar-refractivity contribution in [3.05, 3.63) is 34.3 Å². The summed E-state index contributed by atoms with van der Waals surface area (Å²) in [5, 5.41) is 3.36. The molecule has 0 radical (unpaired) electrons. The second kappa shape index (κ2) is 7.06. The van der Waals surface area contributed by atoms with Crippen molar-refractivity contribution in [2.45, 2.75) is 32.2 Å². The van der Waals surface area contributed by atoms with E-state index in [0.29, 0.717) is 18.4 Å². The van der Waals surface area contributed by atoms with E-state index in [1.807, 2.05) is 17.0 Å². The lowest BCUT2D eigenvalue weighted by molar-refractivity contribution is -0.132. The summed E-state index contributed by atoms with van der Waals surface area (Å²) in [5.41, 5.74) is 1.29. The van der Waals surface area contributed by atoms with E-state index in [9.17, 15) is 4.79 Å². The number of piperazine rings is 1. The molecule has 1 aromatic rings.